The van der Waals surface area contributed by atoms with Crippen molar-refractivity contribution < 1.29 is 9.53 Å². The molecule has 1 aliphatic rings. The van der Waals surface area contributed by atoms with Crippen molar-refractivity contribution in [2.75, 3.05) is 19.8 Å². The number of amides is 1. The minimum Gasteiger partial charge on any atom is -0.381 e. The van der Waals surface area contributed by atoms with Crippen molar-refractivity contribution in [3.05, 3.63) is 33.7 Å². The molecule has 1 fully saturated rings. The van der Waals surface area contributed by atoms with Gasteiger partial charge < -0.3 is 14.6 Å². The first-order valence-electron chi connectivity index (χ1n) is 7.06. The van der Waals surface area contributed by atoms with Gasteiger partial charge in [0, 0.05) is 31.8 Å². The average molecular weight is 278 g/mol. The zero-order valence-corrected chi connectivity index (χ0v) is 12.3. The van der Waals surface area contributed by atoms with Gasteiger partial charge in [-0.3, -0.25) is 9.59 Å². The molecule has 0 saturated carbocycles. The van der Waals surface area contributed by atoms with Crippen LogP contribution in [-0.2, 0) is 11.8 Å². The number of carbonyl (C=O) groups is 1. The predicted octanol–water partition coefficient (Wildman–Crippen LogP) is 1.27. The van der Waals surface area contributed by atoms with E-state index in [1.54, 1.807) is 17.7 Å². The number of hydrogen-bond acceptors (Lipinski definition) is 3. The standard InChI is InChI=1S/C15H22N2O3/c1-10(2)13-5-4-12(15(19)17(13)3)14(18)16-8-11-6-7-20-9-11/h4-5,10-11H,6-9H2,1-3H3,(H,16,18)/t11-/m1/s1. The van der Waals surface area contributed by atoms with Crippen molar-refractivity contribution in [1.82, 2.24) is 9.88 Å². The Morgan fingerprint density at radius 1 is 1.50 bits per heavy atom. The van der Waals surface area contributed by atoms with Gasteiger partial charge >= 0.3 is 0 Å². The fourth-order valence-corrected chi connectivity index (χ4v) is 2.48. The number of hydrogen-bond donors (Lipinski definition) is 1. The summed E-state index contributed by atoms with van der Waals surface area (Å²) in [5.41, 5.74) is 0.892. The van der Waals surface area contributed by atoms with Crippen LogP contribution in [0.15, 0.2) is 16.9 Å². The topological polar surface area (TPSA) is 60.3 Å². The first-order valence-corrected chi connectivity index (χ1v) is 7.06. The highest BCUT2D eigenvalue weighted by Gasteiger charge is 2.19. The van der Waals surface area contributed by atoms with E-state index in [2.05, 4.69) is 5.32 Å². The van der Waals surface area contributed by atoms with E-state index < -0.39 is 0 Å². The maximum absolute atomic E-state index is 12.2. The van der Waals surface area contributed by atoms with Gasteiger partial charge in [0.1, 0.15) is 5.56 Å². The maximum Gasteiger partial charge on any atom is 0.263 e. The second-order valence-corrected chi connectivity index (χ2v) is 5.63. The summed E-state index contributed by atoms with van der Waals surface area (Å²) in [5.74, 6) is 0.311. The van der Waals surface area contributed by atoms with E-state index in [1.807, 2.05) is 19.9 Å². The van der Waals surface area contributed by atoms with Crippen LogP contribution >= 0.6 is 0 Å². The molecule has 1 aromatic rings. The number of aromatic nitrogens is 1. The minimum absolute atomic E-state index is 0.204. The van der Waals surface area contributed by atoms with Crippen LogP contribution in [0.1, 0.15) is 42.2 Å². The third-order valence-electron chi connectivity index (χ3n) is 3.75. The third-order valence-corrected chi connectivity index (χ3v) is 3.75. The van der Waals surface area contributed by atoms with Crippen molar-refractivity contribution >= 4 is 5.91 Å². The minimum atomic E-state index is -0.298. The van der Waals surface area contributed by atoms with E-state index in [1.165, 1.54) is 0 Å². The molecule has 5 heteroatoms. The highest BCUT2D eigenvalue weighted by Crippen LogP contribution is 2.12. The summed E-state index contributed by atoms with van der Waals surface area (Å²) in [6.07, 6.45) is 0.963. The summed E-state index contributed by atoms with van der Waals surface area (Å²) < 4.78 is 6.82. The lowest BCUT2D eigenvalue weighted by atomic mass is 10.1. The lowest BCUT2D eigenvalue weighted by Gasteiger charge is -2.14. The fourth-order valence-electron chi connectivity index (χ4n) is 2.48. The van der Waals surface area contributed by atoms with Crippen LogP contribution in [0.25, 0.3) is 0 Å². The highest BCUT2D eigenvalue weighted by molar-refractivity contribution is 5.93. The van der Waals surface area contributed by atoms with Gasteiger partial charge in [-0.25, -0.2) is 0 Å². The summed E-state index contributed by atoms with van der Waals surface area (Å²) in [6, 6.07) is 3.47. The van der Waals surface area contributed by atoms with Gasteiger partial charge in [0.15, 0.2) is 0 Å². The van der Waals surface area contributed by atoms with E-state index in [4.69, 9.17) is 4.74 Å². The van der Waals surface area contributed by atoms with Gasteiger partial charge in [-0.05, 0) is 24.5 Å². The fraction of sp³-hybridized carbons (Fsp3) is 0.600. The van der Waals surface area contributed by atoms with Crippen LogP contribution in [0.5, 0.6) is 0 Å². The molecular formula is C15H22N2O3. The number of carbonyl (C=O) groups excluding carboxylic acids is 1. The Bertz CT molecular complexity index is 543. The molecule has 2 rings (SSSR count). The zero-order chi connectivity index (χ0) is 14.7. The normalized spacial score (nSPS) is 18.5. The monoisotopic (exact) mass is 278 g/mol. The second-order valence-electron chi connectivity index (χ2n) is 5.63. The Kier molecular flexibility index (Phi) is 4.60. The molecule has 1 aromatic heterocycles. The first-order chi connectivity index (χ1) is 9.50. The molecule has 1 amide bonds. The Morgan fingerprint density at radius 2 is 2.25 bits per heavy atom. The van der Waals surface area contributed by atoms with Gasteiger partial charge in [-0.2, -0.15) is 0 Å². The van der Waals surface area contributed by atoms with Gasteiger partial charge in [0.2, 0.25) is 0 Å². The van der Waals surface area contributed by atoms with Gasteiger partial charge in [0.25, 0.3) is 11.5 Å². The molecule has 0 aromatic carbocycles. The number of rotatable bonds is 4. The molecule has 0 aliphatic carbocycles. The Hall–Kier alpha value is -1.62. The highest BCUT2D eigenvalue weighted by atomic mass is 16.5. The summed E-state index contributed by atoms with van der Waals surface area (Å²) in [4.78, 5) is 24.3. The van der Waals surface area contributed by atoms with Crippen LogP contribution in [0.4, 0.5) is 0 Å². The van der Waals surface area contributed by atoms with Crippen LogP contribution in [0.3, 0.4) is 0 Å². The molecule has 1 N–H and O–H groups in total. The molecule has 5 nitrogen and oxygen atoms in total. The smallest absolute Gasteiger partial charge is 0.263 e. The van der Waals surface area contributed by atoms with Crippen molar-refractivity contribution in [3.8, 4) is 0 Å². The van der Waals surface area contributed by atoms with Crippen LogP contribution in [0.2, 0.25) is 0 Å². The van der Waals surface area contributed by atoms with E-state index in [0.717, 1.165) is 18.7 Å². The van der Waals surface area contributed by atoms with Crippen molar-refractivity contribution in [3.63, 3.8) is 0 Å². The van der Waals surface area contributed by atoms with Gasteiger partial charge in [0.05, 0.1) is 6.61 Å². The Morgan fingerprint density at radius 3 is 2.85 bits per heavy atom. The second kappa shape index (κ2) is 6.22. The average Bonchev–Trinajstić information content (AvgIpc) is 2.92. The summed E-state index contributed by atoms with van der Waals surface area (Å²) in [5, 5.41) is 2.83. The van der Waals surface area contributed by atoms with Crippen LogP contribution in [0, 0.1) is 5.92 Å². The van der Waals surface area contributed by atoms with Gasteiger partial charge in [-0.15, -0.1) is 0 Å². The number of nitrogens with one attached hydrogen (secondary N) is 1. The Labute approximate surface area is 118 Å². The largest absolute Gasteiger partial charge is 0.381 e. The lowest BCUT2D eigenvalue weighted by Crippen LogP contribution is -2.35. The molecule has 0 spiro atoms. The lowest BCUT2D eigenvalue weighted by molar-refractivity contribution is 0.0943. The van der Waals surface area contributed by atoms with E-state index in [9.17, 15) is 9.59 Å². The third kappa shape index (κ3) is 3.10. The molecule has 20 heavy (non-hydrogen) atoms. The zero-order valence-electron chi connectivity index (χ0n) is 12.3. The molecule has 1 saturated heterocycles. The maximum atomic E-state index is 12.2. The van der Waals surface area contributed by atoms with Gasteiger partial charge in [-0.1, -0.05) is 13.8 Å². The first kappa shape index (κ1) is 14.8. The van der Waals surface area contributed by atoms with Crippen LogP contribution < -0.4 is 10.9 Å². The molecule has 1 atom stereocenters. The number of nitrogens with zero attached hydrogens (tertiary/aromatic N) is 1. The summed E-state index contributed by atoms with van der Waals surface area (Å²) >= 11 is 0. The van der Waals surface area contributed by atoms with E-state index in [0.29, 0.717) is 19.1 Å². The van der Waals surface area contributed by atoms with E-state index >= 15 is 0 Å². The predicted molar refractivity (Wildman–Crippen MR) is 77.0 cm³/mol. The van der Waals surface area contributed by atoms with E-state index in [-0.39, 0.29) is 22.9 Å². The van der Waals surface area contributed by atoms with Crippen molar-refractivity contribution in [2.24, 2.45) is 13.0 Å². The van der Waals surface area contributed by atoms with Crippen molar-refractivity contribution in [1.29, 1.82) is 0 Å². The van der Waals surface area contributed by atoms with Crippen LogP contribution in [-0.4, -0.2) is 30.2 Å². The summed E-state index contributed by atoms with van der Waals surface area (Å²) in [7, 11) is 1.71. The number of pyridine rings is 1. The molecular weight excluding hydrogens is 256 g/mol. The molecule has 0 radical (unpaired) electrons. The quantitative estimate of drug-likeness (QED) is 0.902. The molecule has 0 unspecified atom stereocenters. The molecule has 1 aliphatic heterocycles. The molecule has 0 bridgehead atoms. The van der Waals surface area contributed by atoms with Crippen molar-refractivity contribution in [2.45, 2.75) is 26.2 Å². The Balaban J connectivity index is 2.10. The molecule has 2 heterocycles. The number of ether oxygens (including phenoxy) is 1. The summed E-state index contributed by atoms with van der Waals surface area (Å²) in [6.45, 7) is 6.05. The SMILES string of the molecule is CC(C)c1ccc(C(=O)NC[C@H]2CCOC2)c(=O)n1C. The molecule has 110 valence electrons.